The molecule has 1 aromatic heterocycles. The summed E-state index contributed by atoms with van der Waals surface area (Å²) in [6.45, 7) is 0. The molecule has 20 heavy (non-hydrogen) atoms. The number of anilines is 1. The molecule has 2 rings (SSSR count). The first-order valence-electron chi connectivity index (χ1n) is 5.98. The van der Waals surface area contributed by atoms with Crippen LogP contribution in [0.5, 0.6) is 0 Å². The summed E-state index contributed by atoms with van der Waals surface area (Å²) in [6, 6.07) is 11.6. The summed E-state index contributed by atoms with van der Waals surface area (Å²) in [5.41, 5.74) is 1.29. The van der Waals surface area contributed by atoms with Gasteiger partial charge in [-0.05, 0) is 30.3 Å². The number of hydrogen-bond acceptors (Lipinski definition) is 3. The Morgan fingerprint density at radius 2 is 1.90 bits per heavy atom. The molecule has 1 heterocycles. The first-order chi connectivity index (χ1) is 9.52. The second kappa shape index (κ2) is 5.41. The minimum atomic E-state index is -0.271. The van der Waals surface area contributed by atoms with Crippen LogP contribution in [-0.4, -0.2) is 17.5 Å². The van der Waals surface area contributed by atoms with Gasteiger partial charge in [0.2, 0.25) is 0 Å². The zero-order valence-corrected chi connectivity index (χ0v) is 11.2. The van der Waals surface area contributed by atoms with Gasteiger partial charge in [-0.15, -0.1) is 0 Å². The molecule has 0 aliphatic rings. The van der Waals surface area contributed by atoms with Crippen LogP contribution in [0.1, 0.15) is 15.9 Å². The van der Waals surface area contributed by atoms with E-state index in [1.165, 1.54) is 15.5 Å². The molecule has 0 saturated heterocycles. The number of nitriles is 1. The molecular formula is C15H13N3O2. The molecule has 1 amide bonds. The van der Waals surface area contributed by atoms with Crippen molar-refractivity contribution in [3.63, 3.8) is 0 Å². The van der Waals surface area contributed by atoms with E-state index < -0.39 is 0 Å². The van der Waals surface area contributed by atoms with Gasteiger partial charge in [0, 0.05) is 37.6 Å². The average Bonchev–Trinajstić information content (AvgIpc) is 2.48. The van der Waals surface area contributed by atoms with Gasteiger partial charge in [-0.3, -0.25) is 9.59 Å². The first-order valence-corrected chi connectivity index (χ1v) is 5.98. The van der Waals surface area contributed by atoms with Crippen molar-refractivity contribution in [2.75, 3.05) is 11.9 Å². The van der Waals surface area contributed by atoms with Crippen LogP contribution in [0.2, 0.25) is 0 Å². The highest BCUT2D eigenvalue weighted by atomic mass is 16.2. The molecule has 1 aromatic carbocycles. The number of amides is 1. The summed E-state index contributed by atoms with van der Waals surface area (Å²) in [6.07, 6.45) is 1.56. The molecular weight excluding hydrogens is 254 g/mol. The third kappa shape index (κ3) is 2.59. The van der Waals surface area contributed by atoms with Crippen molar-refractivity contribution < 1.29 is 4.79 Å². The van der Waals surface area contributed by atoms with Gasteiger partial charge >= 0.3 is 0 Å². The standard InChI is InChI=1S/C15H13N3O2/c1-17-8-7-12(9-14(17)19)15(20)18(2)13-5-3-11(10-16)4-6-13/h3-9H,1-2H3. The molecule has 0 radical (unpaired) electrons. The summed E-state index contributed by atoms with van der Waals surface area (Å²) in [5.74, 6) is -0.271. The van der Waals surface area contributed by atoms with E-state index in [4.69, 9.17) is 5.26 Å². The lowest BCUT2D eigenvalue weighted by atomic mass is 10.2. The highest BCUT2D eigenvalue weighted by Crippen LogP contribution is 2.15. The smallest absolute Gasteiger partial charge is 0.258 e. The lowest BCUT2D eigenvalue weighted by molar-refractivity contribution is 0.0992. The predicted molar refractivity (Wildman–Crippen MR) is 75.6 cm³/mol. The van der Waals surface area contributed by atoms with Crippen molar-refractivity contribution in [1.29, 1.82) is 5.26 Å². The quantitative estimate of drug-likeness (QED) is 0.828. The third-order valence-electron chi connectivity index (χ3n) is 3.04. The normalized spacial score (nSPS) is 9.85. The molecule has 5 nitrogen and oxygen atoms in total. The van der Waals surface area contributed by atoms with E-state index >= 15 is 0 Å². The minimum Gasteiger partial charge on any atom is -0.319 e. The fraction of sp³-hybridized carbons (Fsp3) is 0.133. The fourth-order valence-electron chi connectivity index (χ4n) is 1.75. The lowest BCUT2D eigenvalue weighted by Gasteiger charge is -2.17. The van der Waals surface area contributed by atoms with Crippen LogP contribution >= 0.6 is 0 Å². The van der Waals surface area contributed by atoms with Crippen LogP contribution in [0.15, 0.2) is 47.4 Å². The molecule has 0 spiro atoms. The molecule has 0 N–H and O–H groups in total. The van der Waals surface area contributed by atoms with Gasteiger partial charge in [0.25, 0.3) is 11.5 Å². The third-order valence-corrected chi connectivity index (χ3v) is 3.04. The van der Waals surface area contributed by atoms with E-state index in [0.29, 0.717) is 16.8 Å². The molecule has 2 aromatic rings. The zero-order valence-electron chi connectivity index (χ0n) is 11.2. The average molecular weight is 267 g/mol. The summed E-state index contributed by atoms with van der Waals surface area (Å²) < 4.78 is 1.40. The molecule has 0 fully saturated rings. The van der Waals surface area contributed by atoms with Gasteiger partial charge in [0.1, 0.15) is 0 Å². The molecule has 0 aliphatic carbocycles. The monoisotopic (exact) mass is 267 g/mol. The van der Waals surface area contributed by atoms with Crippen LogP contribution in [-0.2, 0) is 7.05 Å². The number of hydrogen-bond donors (Lipinski definition) is 0. The summed E-state index contributed by atoms with van der Waals surface area (Å²) in [4.78, 5) is 25.3. The number of pyridine rings is 1. The molecule has 0 bridgehead atoms. The van der Waals surface area contributed by atoms with Crippen LogP contribution in [0.25, 0.3) is 0 Å². The minimum absolute atomic E-state index is 0.232. The predicted octanol–water partition coefficient (Wildman–Crippen LogP) is 1.53. The number of aryl methyl sites for hydroxylation is 1. The van der Waals surface area contributed by atoms with Gasteiger partial charge in [-0.1, -0.05) is 0 Å². The number of nitrogens with zero attached hydrogens (tertiary/aromatic N) is 3. The first kappa shape index (κ1) is 13.6. The second-order valence-electron chi connectivity index (χ2n) is 4.39. The van der Waals surface area contributed by atoms with Crippen molar-refractivity contribution >= 4 is 11.6 Å². The molecule has 0 unspecified atom stereocenters. The van der Waals surface area contributed by atoms with Crippen molar-refractivity contribution in [2.45, 2.75) is 0 Å². The number of aromatic nitrogens is 1. The lowest BCUT2D eigenvalue weighted by Crippen LogP contribution is -2.28. The maximum absolute atomic E-state index is 12.3. The van der Waals surface area contributed by atoms with Crippen LogP contribution in [0.4, 0.5) is 5.69 Å². The summed E-state index contributed by atoms with van der Waals surface area (Å²) in [7, 11) is 3.25. The summed E-state index contributed by atoms with van der Waals surface area (Å²) in [5, 5.41) is 8.74. The molecule has 0 aliphatic heterocycles. The van der Waals surface area contributed by atoms with Gasteiger partial charge in [-0.2, -0.15) is 5.26 Å². The molecule has 0 saturated carbocycles. The topological polar surface area (TPSA) is 66.1 Å². The van der Waals surface area contributed by atoms with E-state index in [0.717, 1.165) is 0 Å². The number of carbonyl (C=O) groups excluding carboxylic acids is 1. The Kier molecular flexibility index (Phi) is 3.67. The van der Waals surface area contributed by atoms with Crippen molar-refractivity contribution in [3.05, 3.63) is 64.1 Å². The number of rotatable bonds is 2. The second-order valence-corrected chi connectivity index (χ2v) is 4.39. The Hall–Kier alpha value is -2.87. The Bertz CT molecular complexity index is 739. The Morgan fingerprint density at radius 3 is 2.45 bits per heavy atom. The molecule has 5 heteroatoms. The number of benzene rings is 1. The van der Waals surface area contributed by atoms with E-state index in [2.05, 4.69) is 0 Å². The maximum atomic E-state index is 12.3. The summed E-state index contributed by atoms with van der Waals surface area (Å²) >= 11 is 0. The zero-order chi connectivity index (χ0) is 14.7. The van der Waals surface area contributed by atoms with Crippen molar-refractivity contribution in [2.24, 2.45) is 7.05 Å². The van der Waals surface area contributed by atoms with E-state index in [9.17, 15) is 9.59 Å². The van der Waals surface area contributed by atoms with E-state index in [1.54, 1.807) is 50.6 Å². The van der Waals surface area contributed by atoms with Crippen LogP contribution < -0.4 is 10.5 Å². The van der Waals surface area contributed by atoms with Crippen LogP contribution in [0, 0.1) is 11.3 Å². The van der Waals surface area contributed by atoms with Crippen molar-refractivity contribution in [1.82, 2.24) is 4.57 Å². The van der Waals surface area contributed by atoms with Crippen molar-refractivity contribution in [3.8, 4) is 6.07 Å². The Balaban J connectivity index is 2.29. The van der Waals surface area contributed by atoms with Gasteiger partial charge in [0.05, 0.1) is 11.6 Å². The Labute approximate surface area is 116 Å². The number of carbonyl (C=O) groups is 1. The van der Waals surface area contributed by atoms with E-state index in [1.807, 2.05) is 6.07 Å². The fourth-order valence-corrected chi connectivity index (χ4v) is 1.75. The molecule has 0 atom stereocenters. The largest absolute Gasteiger partial charge is 0.319 e. The van der Waals surface area contributed by atoms with Crippen LogP contribution in [0.3, 0.4) is 0 Å². The van der Waals surface area contributed by atoms with E-state index in [-0.39, 0.29) is 11.5 Å². The van der Waals surface area contributed by atoms with Gasteiger partial charge in [0.15, 0.2) is 0 Å². The van der Waals surface area contributed by atoms with Gasteiger partial charge < -0.3 is 9.47 Å². The highest BCUT2D eigenvalue weighted by molar-refractivity contribution is 6.05. The maximum Gasteiger partial charge on any atom is 0.258 e. The highest BCUT2D eigenvalue weighted by Gasteiger charge is 2.14. The Morgan fingerprint density at radius 1 is 1.25 bits per heavy atom. The van der Waals surface area contributed by atoms with Gasteiger partial charge in [-0.25, -0.2) is 0 Å². The molecule has 100 valence electrons. The SMILES string of the molecule is CN(C(=O)c1ccn(C)c(=O)c1)c1ccc(C#N)cc1.